The molecule has 0 fully saturated rings. The summed E-state index contributed by atoms with van der Waals surface area (Å²) in [4.78, 5) is 0. The third-order valence-corrected chi connectivity index (χ3v) is 1.89. The molecule has 0 aliphatic heterocycles. The normalized spacial score (nSPS) is 10.9. The van der Waals surface area contributed by atoms with Gasteiger partial charge in [0.05, 0.1) is 6.61 Å². The van der Waals surface area contributed by atoms with Crippen molar-refractivity contribution in [1.29, 1.82) is 0 Å². The summed E-state index contributed by atoms with van der Waals surface area (Å²) >= 11 is 0. The first-order valence-corrected chi connectivity index (χ1v) is 4.51. The number of rotatable bonds is 5. The molecule has 0 aromatic heterocycles. The Labute approximate surface area is 90.6 Å². The van der Waals surface area contributed by atoms with Crippen LogP contribution in [0.3, 0.4) is 0 Å². The average molecular weight is 234 g/mol. The van der Waals surface area contributed by atoms with Gasteiger partial charge in [-0.15, -0.1) is 0 Å². The van der Waals surface area contributed by atoms with Gasteiger partial charge in [0.15, 0.2) is 0 Å². The van der Waals surface area contributed by atoms with Crippen LogP contribution in [0.5, 0.6) is 0 Å². The second-order valence-corrected chi connectivity index (χ2v) is 3.12. The van der Waals surface area contributed by atoms with Gasteiger partial charge in [0.2, 0.25) is 0 Å². The van der Waals surface area contributed by atoms with Crippen LogP contribution in [0.1, 0.15) is 5.56 Å². The molecule has 2 N–H and O–H groups in total. The van der Waals surface area contributed by atoms with E-state index in [0.29, 0.717) is 0 Å². The van der Waals surface area contributed by atoms with E-state index < -0.39 is 26.0 Å². The molecule has 3 nitrogen and oxygen atoms in total. The average Bonchev–Trinajstić information content (AvgIpc) is 2.19. The fourth-order valence-electron chi connectivity index (χ4n) is 1.20. The van der Waals surface area contributed by atoms with Gasteiger partial charge in [-0.3, -0.25) is 0 Å². The molecule has 0 bridgehead atoms. The molecule has 0 unspecified atom stereocenters. The first-order valence-electron chi connectivity index (χ1n) is 4.51. The number of ether oxygens (including phenoxy) is 1. The number of halogens is 3. The summed E-state index contributed by atoms with van der Waals surface area (Å²) in [5.74, 6) is -0.638. The van der Waals surface area contributed by atoms with E-state index in [9.17, 15) is 13.2 Å². The van der Waals surface area contributed by atoms with Crippen molar-refractivity contribution in [3.8, 4) is 0 Å². The van der Waals surface area contributed by atoms with Crippen LogP contribution >= 0.6 is 0 Å². The zero-order valence-corrected chi connectivity index (χ0v) is 8.24. The molecule has 0 amide bonds. The van der Waals surface area contributed by atoms with E-state index >= 15 is 0 Å². The predicted molar refractivity (Wildman–Crippen MR) is 51.9 cm³/mol. The minimum Gasteiger partial charge on any atom is -0.423 e. The van der Waals surface area contributed by atoms with Gasteiger partial charge < -0.3 is 14.8 Å². The lowest BCUT2D eigenvalue weighted by molar-refractivity contribution is 0.0101. The Morgan fingerprint density at radius 3 is 2.56 bits per heavy atom. The number of hydrogen-bond acceptors (Lipinski definition) is 3. The monoisotopic (exact) mass is 234 g/mol. The fraction of sp³-hybridized carbons (Fsp3) is 0.333. The molecule has 0 aliphatic carbocycles. The lowest BCUT2D eigenvalue weighted by atomic mass is 9.77. The number of alkyl halides is 2. The molecule has 0 spiro atoms. The van der Waals surface area contributed by atoms with E-state index in [4.69, 9.17) is 10.0 Å². The van der Waals surface area contributed by atoms with Crippen LogP contribution in [0.25, 0.3) is 0 Å². The zero-order chi connectivity index (χ0) is 12.1. The predicted octanol–water partition coefficient (Wildman–Crippen LogP) is 0.287. The van der Waals surface area contributed by atoms with Crippen molar-refractivity contribution in [3.63, 3.8) is 0 Å². The molecule has 0 saturated carbocycles. The fourth-order valence-corrected chi connectivity index (χ4v) is 1.20. The van der Waals surface area contributed by atoms with E-state index in [0.717, 1.165) is 12.1 Å². The van der Waals surface area contributed by atoms with Gasteiger partial charge in [0.25, 0.3) is 6.43 Å². The quantitative estimate of drug-likeness (QED) is 0.719. The Balaban J connectivity index is 2.71. The molecule has 1 aromatic rings. The van der Waals surface area contributed by atoms with Crippen molar-refractivity contribution in [3.05, 3.63) is 29.6 Å². The molecule has 1 aromatic carbocycles. The molecule has 7 heteroatoms. The van der Waals surface area contributed by atoms with Gasteiger partial charge in [-0.1, -0.05) is 6.07 Å². The lowest BCUT2D eigenvalue weighted by Crippen LogP contribution is -2.33. The summed E-state index contributed by atoms with van der Waals surface area (Å²) in [6.45, 7) is -0.976. The Morgan fingerprint density at radius 1 is 1.31 bits per heavy atom. The second kappa shape index (κ2) is 5.88. The number of hydrogen-bond donors (Lipinski definition) is 2. The Kier molecular flexibility index (Phi) is 4.79. The van der Waals surface area contributed by atoms with Crippen LogP contribution in [0.2, 0.25) is 0 Å². The smallest absolute Gasteiger partial charge is 0.423 e. The van der Waals surface area contributed by atoms with Crippen LogP contribution in [0.15, 0.2) is 18.2 Å². The molecule has 16 heavy (non-hydrogen) atoms. The minimum absolute atomic E-state index is 0.0886. The first kappa shape index (κ1) is 13.0. The van der Waals surface area contributed by atoms with Gasteiger partial charge >= 0.3 is 7.12 Å². The van der Waals surface area contributed by atoms with E-state index in [2.05, 4.69) is 4.74 Å². The van der Waals surface area contributed by atoms with Crippen molar-refractivity contribution in [2.75, 3.05) is 6.61 Å². The van der Waals surface area contributed by atoms with Crippen LogP contribution in [-0.4, -0.2) is 30.2 Å². The van der Waals surface area contributed by atoms with E-state index in [1.165, 1.54) is 6.07 Å². The summed E-state index contributed by atoms with van der Waals surface area (Å²) < 4.78 is 40.9. The van der Waals surface area contributed by atoms with Gasteiger partial charge in [-0.25, -0.2) is 13.2 Å². The van der Waals surface area contributed by atoms with Crippen LogP contribution in [0, 0.1) is 5.82 Å². The molecule has 0 heterocycles. The highest BCUT2D eigenvalue weighted by molar-refractivity contribution is 6.59. The highest BCUT2D eigenvalue weighted by Gasteiger charge is 2.17. The lowest BCUT2D eigenvalue weighted by Gasteiger charge is -2.09. The molecule has 1 rings (SSSR count). The van der Waals surface area contributed by atoms with Crippen molar-refractivity contribution < 1.29 is 28.0 Å². The third kappa shape index (κ3) is 3.84. The maximum absolute atomic E-state index is 12.8. The molecule has 0 aliphatic rings. The van der Waals surface area contributed by atoms with Crippen molar-refractivity contribution in [1.82, 2.24) is 0 Å². The van der Waals surface area contributed by atoms with Crippen LogP contribution < -0.4 is 5.46 Å². The summed E-state index contributed by atoms with van der Waals surface area (Å²) in [6.07, 6.45) is -2.59. The maximum atomic E-state index is 12.8. The number of benzene rings is 1. The Bertz CT molecular complexity index is 347. The molecule has 88 valence electrons. The first-order chi connectivity index (χ1) is 7.50. The van der Waals surface area contributed by atoms with Crippen LogP contribution in [0.4, 0.5) is 13.2 Å². The van der Waals surface area contributed by atoms with Gasteiger partial charge in [0.1, 0.15) is 12.4 Å². The topological polar surface area (TPSA) is 49.7 Å². The van der Waals surface area contributed by atoms with Gasteiger partial charge in [0, 0.05) is 0 Å². The van der Waals surface area contributed by atoms with Crippen molar-refractivity contribution >= 4 is 12.6 Å². The molecular weight excluding hydrogens is 224 g/mol. The SMILES string of the molecule is OB(O)c1cc(F)ccc1COCC(F)F. The summed E-state index contributed by atoms with van der Waals surface area (Å²) in [7, 11) is -1.86. The van der Waals surface area contributed by atoms with E-state index in [-0.39, 0.29) is 17.6 Å². The third-order valence-electron chi connectivity index (χ3n) is 1.89. The Hall–Kier alpha value is -1.05. The standard InChI is InChI=1S/C9H10BF3O3/c11-7-2-1-6(4-16-5-9(12)13)8(3-7)10(14)15/h1-3,9,14-15H,4-5H2. The second-order valence-electron chi connectivity index (χ2n) is 3.12. The molecule has 0 radical (unpaired) electrons. The van der Waals surface area contributed by atoms with Crippen molar-refractivity contribution in [2.24, 2.45) is 0 Å². The Morgan fingerprint density at radius 2 is 2.00 bits per heavy atom. The molecule has 0 atom stereocenters. The maximum Gasteiger partial charge on any atom is 0.488 e. The van der Waals surface area contributed by atoms with Gasteiger partial charge in [-0.2, -0.15) is 0 Å². The molecular formula is C9H10BF3O3. The van der Waals surface area contributed by atoms with Gasteiger partial charge in [-0.05, 0) is 23.2 Å². The summed E-state index contributed by atoms with van der Waals surface area (Å²) in [6, 6.07) is 3.27. The molecule has 0 saturated heterocycles. The zero-order valence-electron chi connectivity index (χ0n) is 8.24. The minimum atomic E-state index is -2.59. The highest BCUT2D eigenvalue weighted by atomic mass is 19.3. The largest absolute Gasteiger partial charge is 0.488 e. The van der Waals surface area contributed by atoms with E-state index in [1.807, 2.05) is 0 Å². The summed E-state index contributed by atoms with van der Waals surface area (Å²) in [5.41, 5.74) is 0.173. The van der Waals surface area contributed by atoms with Crippen molar-refractivity contribution in [2.45, 2.75) is 13.0 Å². The van der Waals surface area contributed by atoms with E-state index in [1.54, 1.807) is 0 Å². The highest BCUT2D eigenvalue weighted by Crippen LogP contribution is 2.04. The van der Waals surface area contributed by atoms with Crippen LogP contribution in [-0.2, 0) is 11.3 Å². The summed E-state index contributed by atoms with van der Waals surface area (Å²) in [5, 5.41) is 17.8.